The third kappa shape index (κ3) is 3.11. The smallest absolute Gasteiger partial charge is 0.220 e. The standard InChI is InChI=1S/C17H17N3O/c1-12-5-4-6-13(11-12)21-10-9-16-14-7-2-3-8-15(14)19-17(18)20-16/h2-8,11H,9-10H2,1H3,(H2,18,19,20). The zero-order valence-electron chi connectivity index (χ0n) is 11.9. The van der Waals surface area contributed by atoms with E-state index in [2.05, 4.69) is 9.97 Å². The highest BCUT2D eigenvalue weighted by Crippen LogP contribution is 2.18. The molecule has 0 radical (unpaired) electrons. The second-order valence-electron chi connectivity index (χ2n) is 4.96. The second-order valence-corrected chi connectivity index (χ2v) is 4.96. The number of aromatic nitrogens is 2. The summed E-state index contributed by atoms with van der Waals surface area (Å²) < 4.78 is 5.78. The van der Waals surface area contributed by atoms with Crippen LogP contribution in [-0.4, -0.2) is 16.6 Å². The predicted molar refractivity (Wildman–Crippen MR) is 84.3 cm³/mol. The maximum absolute atomic E-state index is 5.78. The lowest BCUT2D eigenvalue weighted by Crippen LogP contribution is -2.06. The molecule has 0 spiro atoms. The van der Waals surface area contributed by atoms with Gasteiger partial charge >= 0.3 is 0 Å². The van der Waals surface area contributed by atoms with Gasteiger partial charge in [-0.1, -0.05) is 30.3 Å². The van der Waals surface area contributed by atoms with E-state index < -0.39 is 0 Å². The molecule has 2 N–H and O–H groups in total. The Balaban J connectivity index is 1.76. The number of anilines is 1. The number of ether oxygens (including phenoxy) is 1. The summed E-state index contributed by atoms with van der Waals surface area (Å²) in [6, 6.07) is 15.9. The van der Waals surface area contributed by atoms with E-state index in [4.69, 9.17) is 10.5 Å². The lowest BCUT2D eigenvalue weighted by Gasteiger charge is -2.09. The zero-order chi connectivity index (χ0) is 14.7. The number of benzene rings is 2. The van der Waals surface area contributed by atoms with Gasteiger partial charge in [0.1, 0.15) is 5.75 Å². The maximum atomic E-state index is 5.78. The van der Waals surface area contributed by atoms with Crippen molar-refractivity contribution < 1.29 is 4.74 Å². The Labute approximate surface area is 123 Å². The topological polar surface area (TPSA) is 61.0 Å². The Bertz CT molecular complexity index is 771. The van der Waals surface area contributed by atoms with Crippen LogP contribution in [-0.2, 0) is 6.42 Å². The van der Waals surface area contributed by atoms with Gasteiger partial charge in [0.05, 0.1) is 17.8 Å². The molecule has 2 aromatic carbocycles. The number of hydrogen-bond donors (Lipinski definition) is 1. The van der Waals surface area contributed by atoms with Crippen LogP contribution < -0.4 is 10.5 Å². The van der Waals surface area contributed by atoms with Crippen molar-refractivity contribution >= 4 is 16.9 Å². The lowest BCUT2D eigenvalue weighted by atomic mass is 10.1. The molecule has 0 aliphatic heterocycles. The molecule has 1 heterocycles. The number of para-hydroxylation sites is 1. The molecule has 3 aromatic rings. The van der Waals surface area contributed by atoms with Crippen LogP contribution in [0.5, 0.6) is 5.75 Å². The molecule has 4 heteroatoms. The number of nitrogens with zero attached hydrogens (tertiary/aromatic N) is 2. The minimum atomic E-state index is 0.305. The van der Waals surface area contributed by atoms with Crippen LogP contribution in [0.4, 0.5) is 5.95 Å². The third-order valence-electron chi connectivity index (χ3n) is 3.30. The molecule has 0 saturated heterocycles. The quantitative estimate of drug-likeness (QED) is 0.797. The highest BCUT2D eigenvalue weighted by molar-refractivity contribution is 5.81. The van der Waals surface area contributed by atoms with Crippen molar-refractivity contribution in [1.82, 2.24) is 9.97 Å². The molecule has 0 aliphatic rings. The first-order valence-corrected chi connectivity index (χ1v) is 6.93. The molecule has 0 fully saturated rings. The number of nitrogen functional groups attached to an aromatic ring is 1. The summed E-state index contributed by atoms with van der Waals surface area (Å²) in [5.41, 5.74) is 8.74. The molecular weight excluding hydrogens is 262 g/mol. The number of hydrogen-bond acceptors (Lipinski definition) is 4. The van der Waals surface area contributed by atoms with E-state index >= 15 is 0 Å². The van der Waals surface area contributed by atoms with Gasteiger partial charge < -0.3 is 10.5 Å². The fraction of sp³-hybridized carbons (Fsp3) is 0.176. The average Bonchev–Trinajstić information content (AvgIpc) is 2.47. The highest BCUT2D eigenvalue weighted by Gasteiger charge is 2.06. The summed E-state index contributed by atoms with van der Waals surface area (Å²) in [5.74, 6) is 1.18. The van der Waals surface area contributed by atoms with Gasteiger partial charge in [-0.3, -0.25) is 0 Å². The Hall–Kier alpha value is -2.62. The van der Waals surface area contributed by atoms with Gasteiger partial charge in [0.15, 0.2) is 0 Å². The lowest BCUT2D eigenvalue weighted by molar-refractivity contribution is 0.321. The second kappa shape index (κ2) is 5.79. The van der Waals surface area contributed by atoms with Crippen LogP contribution in [0, 0.1) is 6.92 Å². The molecule has 0 aliphatic carbocycles. The van der Waals surface area contributed by atoms with Crippen LogP contribution in [0.2, 0.25) is 0 Å². The predicted octanol–water partition coefficient (Wildman–Crippen LogP) is 3.14. The molecule has 0 bridgehead atoms. The van der Waals surface area contributed by atoms with Crippen molar-refractivity contribution in [1.29, 1.82) is 0 Å². The van der Waals surface area contributed by atoms with E-state index in [1.54, 1.807) is 0 Å². The van der Waals surface area contributed by atoms with Crippen LogP contribution in [0.3, 0.4) is 0 Å². The molecule has 106 valence electrons. The summed E-state index contributed by atoms with van der Waals surface area (Å²) >= 11 is 0. The van der Waals surface area contributed by atoms with Crippen molar-refractivity contribution in [3.05, 3.63) is 59.8 Å². The van der Waals surface area contributed by atoms with Gasteiger partial charge in [-0.05, 0) is 30.7 Å². The van der Waals surface area contributed by atoms with E-state index in [9.17, 15) is 0 Å². The Morgan fingerprint density at radius 2 is 1.90 bits per heavy atom. The van der Waals surface area contributed by atoms with Crippen molar-refractivity contribution in [2.24, 2.45) is 0 Å². The minimum Gasteiger partial charge on any atom is -0.493 e. The summed E-state index contributed by atoms with van der Waals surface area (Å²) in [6.07, 6.45) is 0.696. The number of aryl methyl sites for hydroxylation is 1. The van der Waals surface area contributed by atoms with Crippen molar-refractivity contribution in [3.63, 3.8) is 0 Å². The van der Waals surface area contributed by atoms with Gasteiger partial charge in [-0.15, -0.1) is 0 Å². The first kappa shape index (κ1) is 13.4. The highest BCUT2D eigenvalue weighted by atomic mass is 16.5. The fourth-order valence-electron chi connectivity index (χ4n) is 2.32. The third-order valence-corrected chi connectivity index (χ3v) is 3.30. The molecule has 3 rings (SSSR count). The van der Waals surface area contributed by atoms with Gasteiger partial charge in [0, 0.05) is 11.8 Å². The zero-order valence-corrected chi connectivity index (χ0v) is 11.9. The molecular formula is C17H17N3O. The number of nitrogens with two attached hydrogens (primary N) is 1. The molecule has 0 saturated carbocycles. The van der Waals surface area contributed by atoms with Crippen LogP contribution >= 0.6 is 0 Å². The first-order valence-electron chi connectivity index (χ1n) is 6.93. The molecule has 21 heavy (non-hydrogen) atoms. The number of rotatable bonds is 4. The Morgan fingerprint density at radius 1 is 1.05 bits per heavy atom. The summed E-state index contributed by atoms with van der Waals surface area (Å²) in [5, 5.41) is 1.03. The normalized spacial score (nSPS) is 10.7. The summed E-state index contributed by atoms with van der Waals surface area (Å²) in [4.78, 5) is 8.58. The van der Waals surface area contributed by atoms with Crippen LogP contribution in [0.25, 0.3) is 10.9 Å². The Kier molecular flexibility index (Phi) is 3.69. The van der Waals surface area contributed by atoms with Gasteiger partial charge in [0.25, 0.3) is 0 Å². The van der Waals surface area contributed by atoms with Gasteiger partial charge in [-0.2, -0.15) is 0 Å². The molecule has 0 unspecified atom stereocenters. The maximum Gasteiger partial charge on any atom is 0.220 e. The van der Waals surface area contributed by atoms with Gasteiger partial charge in [-0.25, -0.2) is 9.97 Å². The van der Waals surface area contributed by atoms with Crippen LogP contribution in [0.15, 0.2) is 48.5 Å². The number of fused-ring (bicyclic) bond motifs is 1. The minimum absolute atomic E-state index is 0.305. The van der Waals surface area contributed by atoms with Crippen molar-refractivity contribution in [2.45, 2.75) is 13.3 Å². The summed E-state index contributed by atoms with van der Waals surface area (Å²) in [6.45, 7) is 2.61. The van der Waals surface area contributed by atoms with Crippen molar-refractivity contribution in [2.75, 3.05) is 12.3 Å². The van der Waals surface area contributed by atoms with Crippen LogP contribution in [0.1, 0.15) is 11.3 Å². The SMILES string of the molecule is Cc1cccc(OCCc2nc(N)nc3ccccc23)c1. The molecule has 0 atom stereocenters. The first-order chi connectivity index (χ1) is 10.2. The molecule has 0 amide bonds. The van der Waals surface area contributed by atoms with Gasteiger partial charge in [0.2, 0.25) is 5.95 Å². The molecule has 1 aromatic heterocycles. The van der Waals surface area contributed by atoms with E-state index in [1.165, 1.54) is 5.56 Å². The molecule has 4 nitrogen and oxygen atoms in total. The summed E-state index contributed by atoms with van der Waals surface area (Å²) in [7, 11) is 0. The van der Waals surface area contributed by atoms with Crippen molar-refractivity contribution in [3.8, 4) is 5.75 Å². The average molecular weight is 279 g/mol. The van der Waals surface area contributed by atoms with E-state index in [0.717, 1.165) is 22.3 Å². The Morgan fingerprint density at radius 3 is 2.76 bits per heavy atom. The van der Waals surface area contributed by atoms with E-state index in [0.29, 0.717) is 19.0 Å². The van der Waals surface area contributed by atoms with E-state index in [1.807, 2.05) is 55.5 Å². The largest absolute Gasteiger partial charge is 0.493 e. The van der Waals surface area contributed by atoms with E-state index in [-0.39, 0.29) is 0 Å². The monoisotopic (exact) mass is 279 g/mol. The fourth-order valence-corrected chi connectivity index (χ4v) is 2.32.